The third-order valence-corrected chi connectivity index (χ3v) is 5.31. The number of rotatable bonds is 4. The van der Waals surface area contributed by atoms with Gasteiger partial charge in [0.2, 0.25) is 0 Å². The van der Waals surface area contributed by atoms with Crippen LogP contribution in [0, 0.1) is 23.2 Å². The molecule has 0 saturated carbocycles. The molecule has 0 aromatic carbocycles. The lowest BCUT2D eigenvalue weighted by atomic mass is 9.94. The summed E-state index contributed by atoms with van der Waals surface area (Å²) in [6.07, 6.45) is 1.73. The van der Waals surface area contributed by atoms with Gasteiger partial charge in [0.25, 0.3) is 0 Å². The Balaban J connectivity index is 2.17. The van der Waals surface area contributed by atoms with Gasteiger partial charge in [-0.3, -0.25) is 4.79 Å². The van der Waals surface area contributed by atoms with Crippen LogP contribution in [0.4, 0.5) is 0 Å². The van der Waals surface area contributed by atoms with Crippen LogP contribution in [-0.2, 0) is 12.2 Å². The Morgan fingerprint density at radius 1 is 1.56 bits per heavy atom. The van der Waals surface area contributed by atoms with E-state index in [9.17, 15) is 4.79 Å². The monoisotopic (exact) mass is 279 g/mol. The van der Waals surface area contributed by atoms with Crippen LogP contribution >= 0.6 is 23.1 Å². The van der Waals surface area contributed by atoms with E-state index in [1.807, 2.05) is 31.7 Å². The minimum Gasteiger partial charge on any atom is -0.292 e. The van der Waals surface area contributed by atoms with Crippen LogP contribution in [0.25, 0.3) is 0 Å². The first-order chi connectivity index (χ1) is 8.61. The van der Waals surface area contributed by atoms with Gasteiger partial charge in [0.1, 0.15) is 5.92 Å². The molecule has 96 valence electrons. The zero-order chi connectivity index (χ0) is 13.1. The number of nitrogens with zero attached hydrogens (tertiary/aromatic N) is 1. The second-order valence-electron chi connectivity index (χ2n) is 5.04. The van der Waals surface area contributed by atoms with E-state index in [0.29, 0.717) is 12.3 Å². The topological polar surface area (TPSA) is 40.9 Å². The molecule has 0 radical (unpaired) electrons. The van der Waals surface area contributed by atoms with Crippen LogP contribution in [0.2, 0.25) is 0 Å². The average molecular weight is 279 g/mol. The van der Waals surface area contributed by atoms with Crippen LogP contribution in [-0.4, -0.2) is 11.5 Å². The van der Waals surface area contributed by atoms with Crippen molar-refractivity contribution < 1.29 is 4.79 Å². The van der Waals surface area contributed by atoms with E-state index in [4.69, 9.17) is 5.26 Å². The number of hydrogen-bond acceptors (Lipinski definition) is 4. The lowest BCUT2D eigenvalue weighted by molar-refractivity contribution is 0.0941. The first kappa shape index (κ1) is 13.6. The van der Waals surface area contributed by atoms with Gasteiger partial charge in [0.15, 0.2) is 5.78 Å². The van der Waals surface area contributed by atoms with Gasteiger partial charge in [-0.2, -0.15) is 17.0 Å². The van der Waals surface area contributed by atoms with Crippen molar-refractivity contribution in [2.24, 2.45) is 11.8 Å². The normalized spacial score (nSPS) is 16.1. The van der Waals surface area contributed by atoms with E-state index >= 15 is 0 Å². The summed E-state index contributed by atoms with van der Waals surface area (Å²) >= 11 is 3.52. The van der Waals surface area contributed by atoms with Crippen molar-refractivity contribution in [1.82, 2.24) is 0 Å². The maximum absolute atomic E-state index is 12.3. The summed E-state index contributed by atoms with van der Waals surface area (Å²) in [6, 6.07) is 4.18. The number of ketones is 1. The van der Waals surface area contributed by atoms with Gasteiger partial charge in [0.05, 0.1) is 10.9 Å². The summed E-state index contributed by atoms with van der Waals surface area (Å²) in [7, 11) is 0. The number of carbonyl (C=O) groups excluding carboxylic acids is 1. The maximum atomic E-state index is 12.3. The van der Waals surface area contributed by atoms with Gasteiger partial charge >= 0.3 is 0 Å². The van der Waals surface area contributed by atoms with E-state index in [1.165, 1.54) is 10.4 Å². The molecule has 18 heavy (non-hydrogen) atoms. The quantitative estimate of drug-likeness (QED) is 0.785. The summed E-state index contributed by atoms with van der Waals surface area (Å²) in [5.41, 5.74) is 1.31. The molecule has 1 aromatic heterocycles. The molecule has 0 bridgehead atoms. The van der Waals surface area contributed by atoms with Crippen LogP contribution in [0.5, 0.6) is 0 Å². The Kier molecular flexibility index (Phi) is 4.47. The third kappa shape index (κ3) is 2.96. The number of Topliss-reactive ketones (excluding diaryl/α,β-unsaturated/α-hetero) is 1. The number of thiophene rings is 1. The molecule has 1 unspecified atom stereocenters. The smallest absolute Gasteiger partial charge is 0.189 e. The molecule has 0 N–H and O–H groups in total. The van der Waals surface area contributed by atoms with Gasteiger partial charge in [-0.05, 0) is 36.1 Å². The second-order valence-corrected chi connectivity index (χ2v) is 7.28. The number of carbonyl (C=O) groups is 1. The Bertz CT molecular complexity index is 461. The third-order valence-electron chi connectivity index (χ3n) is 3.05. The summed E-state index contributed by atoms with van der Waals surface area (Å²) in [5, 5.41) is 9.14. The molecular formula is C14H17NOS2. The van der Waals surface area contributed by atoms with E-state index in [0.717, 1.165) is 22.8 Å². The SMILES string of the molecule is CC(C)CC(C#N)C(=O)c1cc2c(s1)CCSC2. The summed E-state index contributed by atoms with van der Waals surface area (Å²) in [4.78, 5) is 14.4. The number of aryl methyl sites for hydroxylation is 1. The number of thioether (sulfide) groups is 1. The van der Waals surface area contributed by atoms with Gasteiger partial charge in [-0.15, -0.1) is 11.3 Å². The zero-order valence-electron chi connectivity index (χ0n) is 10.7. The Morgan fingerprint density at radius 2 is 2.33 bits per heavy atom. The van der Waals surface area contributed by atoms with Crippen molar-refractivity contribution in [1.29, 1.82) is 5.26 Å². The highest BCUT2D eigenvalue weighted by Crippen LogP contribution is 2.33. The van der Waals surface area contributed by atoms with Crippen molar-refractivity contribution in [3.8, 4) is 6.07 Å². The first-order valence-electron chi connectivity index (χ1n) is 6.25. The van der Waals surface area contributed by atoms with E-state index in [2.05, 4.69) is 6.07 Å². The average Bonchev–Trinajstić information content (AvgIpc) is 2.78. The largest absolute Gasteiger partial charge is 0.292 e. The molecule has 0 aliphatic carbocycles. The van der Waals surface area contributed by atoms with Crippen molar-refractivity contribution in [2.75, 3.05) is 5.75 Å². The molecule has 2 rings (SSSR count). The molecule has 4 heteroatoms. The Hall–Kier alpha value is -0.790. The first-order valence-corrected chi connectivity index (χ1v) is 8.22. The van der Waals surface area contributed by atoms with Gasteiger partial charge < -0.3 is 0 Å². The standard InChI is InChI=1S/C14H17NOS2/c1-9(2)5-10(7-15)14(16)13-6-11-8-17-4-3-12(11)18-13/h6,9-10H,3-5,8H2,1-2H3. The van der Waals surface area contributed by atoms with E-state index in [-0.39, 0.29) is 5.78 Å². The van der Waals surface area contributed by atoms with Crippen LogP contribution < -0.4 is 0 Å². The molecule has 1 atom stereocenters. The predicted octanol–water partition coefficient (Wildman–Crippen LogP) is 3.91. The van der Waals surface area contributed by atoms with Gasteiger partial charge in [0, 0.05) is 10.6 Å². The molecule has 2 nitrogen and oxygen atoms in total. The molecule has 2 heterocycles. The Morgan fingerprint density at radius 3 is 2.94 bits per heavy atom. The molecule has 1 aromatic rings. The highest BCUT2D eigenvalue weighted by Gasteiger charge is 2.24. The summed E-state index contributed by atoms with van der Waals surface area (Å²) in [5.74, 6) is 2.09. The predicted molar refractivity (Wildman–Crippen MR) is 77.1 cm³/mol. The highest BCUT2D eigenvalue weighted by molar-refractivity contribution is 7.98. The van der Waals surface area contributed by atoms with Gasteiger partial charge in [-0.1, -0.05) is 13.8 Å². The zero-order valence-corrected chi connectivity index (χ0v) is 12.4. The fourth-order valence-electron chi connectivity index (χ4n) is 2.13. The summed E-state index contributed by atoms with van der Waals surface area (Å²) in [6.45, 7) is 4.10. The lowest BCUT2D eigenvalue weighted by Crippen LogP contribution is -2.14. The fourth-order valence-corrected chi connectivity index (χ4v) is 4.50. The minimum atomic E-state index is -0.474. The summed E-state index contributed by atoms with van der Waals surface area (Å²) < 4.78 is 0. The second kappa shape index (κ2) is 5.90. The number of nitriles is 1. The molecule has 0 saturated heterocycles. The van der Waals surface area contributed by atoms with E-state index < -0.39 is 5.92 Å². The van der Waals surface area contributed by atoms with Crippen molar-refractivity contribution in [3.05, 3.63) is 21.4 Å². The Labute approximate surface area is 116 Å². The molecule has 0 amide bonds. The molecule has 0 spiro atoms. The molecule has 1 aliphatic heterocycles. The maximum Gasteiger partial charge on any atom is 0.189 e. The van der Waals surface area contributed by atoms with Crippen LogP contribution in [0.3, 0.4) is 0 Å². The number of fused-ring (bicyclic) bond motifs is 1. The van der Waals surface area contributed by atoms with Crippen molar-refractivity contribution >= 4 is 28.9 Å². The fraction of sp³-hybridized carbons (Fsp3) is 0.571. The highest BCUT2D eigenvalue weighted by atomic mass is 32.2. The van der Waals surface area contributed by atoms with Gasteiger partial charge in [-0.25, -0.2) is 0 Å². The molecule has 1 aliphatic rings. The van der Waals surface area contributed by atoms with Crippen LogP contribution in [0.15, 0.2) is 6.07 Å². The minimum absolute atomic E-state index is 0.0237. The lowest BCUT2D eigenvalue weighted by Gasteiger charge is -2.08. The van der Waals surface area contributed by atoms with Crippen LogP contribution in [0.1, 0.15) is 40.4 Å². The van der Waals surface area contributed by atoms with Crippen molar-refractivity contribution in [3.63, 3.8) is 0 Å². The molecule has 0 fully saturated rings. The number of hydrogen-bond donors (Lipinski definition) is 0. The molecular weight excluding hydrogens is 262 g/mol. The van der Waals surface area contributed by atoms with Crippen molar-refractivity contribution in [2.45, 2.75) is 32.4 Å². The van der Waals surface area contributed by atoms with E-state index in [1.54, 1.807) is 11.3 Å².